The Kier molecular flexibility index (Phi) is 3.92. The van der Waals surface area contributed by atoms with Crippen molar-refractivity contribution in [2.75, 3.05) is 6.54 Å². The smallest absolute Gasteiger partial charge is 0.0797 e. The van der Waals surface area contributed by atoms with Gasteiger partial charge in [0.25, 0.3) is 0 Å². The molecule has 1 aliphatic carbocycles. The summed E-state index contributed by atoms with van der Waals surface area (Å²) in [6.07, 6.45) is 10.9. The average Bonchev–Trinajstić information content (AvgIpc) is 2.80. The predicted molar refractivity (Wildman–Crippen MR) is 65.7 cm³/mol. The standard InChI is InChI=1S/C12H18N2S/c13-7-11(6-12-8-14-9-15-12)10-4-2-1-3-5-10/h6,8-10H,1-5,7,13H2. The summed E-state index contributed by atoms with van der Waals surface area (Å²) in [6.45, 7) is 0.697. The number of hydrogen-bond acceptors (Lipinski definition) is 3. The first kappa shape index (κ1) is 10.8. The third-order valence-electron chi connectivity index (χ3n) is 3.14. The van der Waals surface area contributed by atoms with Gasteiger partial charge in [0.1, 0.15) is 0 Å². The molecule has 0 aliphatic heterocycles. The van der Waals surface area contributed by atoms with Crippen molar-refractivity contribution in [3.05, 3.63) is 22.2 Å². The van der Waals surface area contributed by atoms with Gasteiger partial charge in [-0.05, 0) is 24.8 Å². The lowest BCUT2D eigenvalue weighted by atomic mass is 9.83. The Morgan fingerprint density at radius 3 is 2.87 bits per heavy atom. The molecule has 1 fully saturated rings. The van der Waals surface area contributed by atoms with E-state index < -0.39 is 0 Å². The Morgan fingerprint density at radius 2 is 2.27 bits per heavy atom. The number of thiazole rings is 1. The molecule has 1 aromatic rings. The highest BCUT2D eigenvalue weighted by Gasteiger charge is 2.16. The van der Waals surface area contributed by atoms with Gasteiger partial charge in [0.2, 0.25) is 0 Å². The van der Waals surface area contributed by atoms with Crippen LogP contribution in [0.2, 0.25) is 0 Å². The lowest BCUT2D eigenvalue weighted by Crippen LogP contribution is -2.15. The fraction of sp³-hybridized carbons (Fsp3) is 0.583. The minimum Gasteiger partial charge on any atom is -0.327 e. The van der Waals surface area contributed by atoms with E-state index in [0.29, 0.717) is 6.54 Å². The van der Waals surface area contributed by atoms with E-state index in [1.54, 1.807) is 11.3 Å². The SMILES string of the molecule is NCC(=Cc1cncs1)C1CCCCC1. The number of rotatable bonds is 3. The van der Waals surface area contributed by atoms with Gasteiger partial charge in [-0.2, -0.15) is 0 Å². The fourth-order valence-electron chi connectivity index (χ4n) is 2.30. The van der Waals surface area contributed by atoms with Crippen molar-refractivity contribution in [2.24, 2.45) is 11.7 Å². The Labute approximate surface area is 95.2 Å². The molecule has 1 heterocycles. The van der Waals surface area contributed by atoms with Crippen molar-refractivity contribution >= 4 is 17.4 Å². The Bertz CT molecular complexity index is 310. The molecule has 2 rings (SSSR count). The molecule has 0 aromatic carbocycles. The molecule has 1 aromatic heterocycles. The van der Waals surface area contributed by atoms with Crippen molar-refractivity contribution in [3.63, 3.8) is 0 Å². The van der Waals surface area contributed by atoms with Crippen molar-refractivity contribution in [2.45, 2.75) is 32.1 Å². The second-order valence-electron chi connectivity index (χ2n) is 4.16. The number of nitrogens with zero attached hydrogens (tertiary/aromatic N) is 1. The van der Waals surface area contributed by atoms with Gasteiger partial charge in [-0.15, -0.1) is 11.3 Å². The summed E-state index contributed by atoms with van der Waals surface area (Å²) >= 11 is 1.69. The van der Waals surface area contributed by atoms with Crippen molar-refractivity contribution in [3.8, 4) is 0 Å². The predicted octanol–water partition coefficient (Wildman–Crippen LogP) is 3.07. The first-order valence-corrected chi connectivity index (χ1v) is 6.57. The fourth-order valence-corrected chi connectivity index (χ4v) is 2.88. The van der Waals surface area contributed by atoms with E-state index in [4.69, 9.17) is 5.73 Å². The first-order chi connectivity index (χ1) is 7.40. The van der Waals surface area contributed by atoms with Crippen LogP contribution in [0, 0.1) is 5.92 Å². The average molecular weight is 222 g/mol. The largest absolute Gasteiger partial charge is 0.327 e. The van der Waals surface area contributed by atoms with Gasteiger partial charge in [-0.1, -0.05) is 24.8 Å². The van der Waals surface area contributed by atoms with E-state index in [0.717, 1.165) is 5.92 Å². The summed E-state index contributed by atoms with van der Waals surface area (Å²) in [5.41, 5.74) is 9.13. The van der Waals surface area contributed by atoms with Crippen molar-refractivity contribution in [1.82, 2.24) is 4.98 Å². The molecular formula is C12H18N2S. The van der Waals surface area contributed by atoms with Crippen molar-refractivity contribution in [1.29, 1.82) is 0 Å². The molecule has 82 valence electrons. The molecule has 0 atom stereocenters. The van der Waals surface area contributed by atoms with E-state index >= 15 is 0 Å². The molecule has 0 radical (unpaired) electrons. The summed E-state index contributed by atoms with van der Waals surface area (Å²) < 4.78 is 0. The van der Waals surface area contributed by atoms with Crippen LogP contribution < -0.4 is 5.73 Å². The number of aromatic nitrogens is 1. The highest BCUT2D eigenvalue weighted by molar-refractivity contribution is 7.10. The Hall–Kier alpha value is -0.670. The van der Waals surface area contributed by atoms with Crippen LogP contribution in [-0.2, 0) is 0 Å². The van der Waals surface area contributed by atoms with E-state index in [2.05, 4.69) is 11.1 Å². The monoisotopic (exact) mass is 222 g/mol. The zero-order valence-electron chi connectivity index (χ0n) is 8.98. The summed E-state index contributed by atoms with van der Waals surface area (Å²) in [5, 5.41) is 0. The quantitative estimate of drug-likeness (QED) is 0.853. The molecule has 0 amide bonds. The highest BCUT2D eigenvalue weighted by atomic mass is 32.1. The summed E-state index contributed by atoms with van der Waals surface area (Å²) in [7, 11) is 0. The molecule has 3 heteroatoms. The lowest BCUT2D eigenvalue weighted by molar-refractivity contribution is 0.401. The molecule has 2 nitrogen and oxygen atoms in total. The molecule has 0 saturated heterocycles. The molecule has 1 saturated carbocycles. The molecule has 15 heavy (non-hydrogen) atoms. The maximum atomic E-state index is 5.84. The van der Waals surface area contributed by atoms with E-state index in [1.807, 2.05) is 11.7 Å². The minimum atomic E-state index is 0.697. The zero-order valence-corrected chi connectivity index (χ0v) is 9.80. The molecule has 1 aliphatic rings. The Morgan fingerprint density at radius 1 is 1.47 bits per heavy atom. The highest BCUT2D eigenvalue weighted by Crippen LogP contribution is 2.30. The molecule has 0 spiro atoms. The van der Waals surface area contributed by atoms with E-state index in [9.17, 15) is 0 Å². The third kappa shape index (κ3) is 2.89. The van der Waals surface area contributed by atoms with Crippen LogP contribution in [0.4, 0.5) is 0 Å². The van der Waals surface area contributed by atoms with Crippen LogP contribution in [0.5, 0.6) is 0 Å². The molecule has 0 bridgehead atoms. The van der Waals surface area contributed by atoms with Crippen LogP contribution in [0.3, 0.4) is 0 Å². The van der Waals surface area contributed by atoms with Gasteiger partial charge in [-0.25, -0.2) is 0 Å². The molecule has 0 unspecified atom stereocenters. The molecular weight excluding hydrogens is 204 g/mol. The van der Waals surface area contributed by atoms with Crippen LogP contribution in [0.1, 0.15) is 37.0 Å². The van der Waals surface area contributed by atoms with Gasteiger partial charge < -0.3 is 5.73 Å². The first-order valence-electron chi connectivity index (χ1n) is 5.69. The minimum absolute atomic E-state index is 0.697. The second kappa shape index (κ2) is 5.42. The van der Waals surface area contributed by atoms with Crippen molar-refractivity contribution < 1.29 is 0 Å². The summed E-state index contributed by atoms with van der Waals surface area (Å²) in [5.74, 6) is 0.728. The maximum Gasteiger partial charge on any atom is 0.0797 e. The maximum absolute atomic E-state index is 5.84. The van der Waals surface area contributed by atoms with Gasteiger partial charge >= 0.3 is 0 Å². The normalized spacial score (nSPS) is 19.4. The van der Waals surface area contributed by atoms with Gasteiger partial charge in [0.15, 0.2) is 0 Å². The number of hydrogen-bond donors (Lipinski definition) is 1. The third-order valence-corrected chi connectivity index (χ3v) is 3.87. The zero-order chi connectivity index (χ0) is 10.5. The summed E-state index contributed by atoms with van der Waals surface area (Å²) in [6, 6.07) is 0. The van der Waals surface area contributed by atoms with Crippen LogP contribution in [0.25, 0.3) is 6.08 Å². The lowest BCUT2D eigenvalue weighted by Gasteiger charge is -2.23. The van der Waals surface area contributed by atoms with Gasteiger partial charge in [0.05, 0.1) is 5.51 Å². The summed E-state index contributed by atoms with van der Waals surface area (Å²) in [4.78, 5) is 5.32. The van der Waals surface area contributed by atoms with Gasteiger partial charge in [-0.3, -0.25) is 4.98 Å². The van der Waals surface area contributed by atoms with Crippen LogP contribution in [-0.4, -0.2) is 11.5 Å². The molecule has 2 N–H and O–H groups in total. The van der Waals surface area contributed by atoms with E-state index in [-0.39, 0.29) is 0 Å². The van der Waals surface area contributed by atoms with E-state index in [1.165, 1.54) is 42.6 Å². The Balaban J connectivity index is 2.08. The topological polar surface area (TPSA) is 38.9 Å². The number of nitrogens with two attached hydrogens (primary N) is 1. The second-order valence-corrected chi connectivity index (χ2v) is 5.08. The van der Waals surface area contributed by atoms with Gasteiger partial charge in [0, 0.05) is 17.6 Å². The van der Waals surface area contributed by atoms with Crippen LogP contribution in [0.15, 0.2) is 17.3 Å². The van der Waals surface area contributed by atoms with Crippen LogP contribution >= 0.6 is 11.3 Å².